The van der Waals surface area contributed by atoms with E-state index in [4.69, 9.17) is 16.3 Å². The molecule has 0 N–H and O–H groups in total. The fraction of sp³-hybridized carbons (Fsp3) is 0.538. The zero-order valence-electron chi connectivity index (χ0n) is 9.83. The molecule has 2 atom stereocenters. The molecule has 0 heterocycles. The summed E-state index contributed by atoms with van der Waals surface area (Å²) in [6.07, 6.45) is 0. The van der Waals surface area contributed by atoms with Crippen LogP contribution in [0.4, 0.5) is 0 Å². The highest BCUT2D eigenvalue weighted by atomic mass is 35.5. The first-order chi connectivity index (χ1) is 7.07. The second-order valence-electron chi connectivity index (χ2n) is 4.22. The van der Waals surface area contributed by atoms with Gasteiger partial charge in [-0.1, -0.05) is 39.0 Å². The molecule has 0 spiro atoms. The monoisotopic (exact) mass is 226 g/mol. The molecule has 0 fully saturated rings. The molecule has 2 heteroatoms. The highest BCUT2D eigenvalue weighted by molar-refractivity contribution is 6.21. The van der Waals surface area contributed by atoms with Gasteiger partial charge in [-0.2, -0.15) is 0 Å². The predicted octanol–water partition coefficient (Wildman–Crippen LogP) is 4.06. The summed E-state index contributed by atoms with van der Waals surface area (Å²) < 4.78 is 5.34. The van der Waals surface area contributed by atoms with Crippen LogP contribution >= 0.6 is 11.6 Å². The van der Waals surface area contributed by atoms with Crippen molar-refractivity contribution in [1.29, 1.82) is 0 Å². The van der Waals surface area contributed by atoms with Crippen molar-refractivity contribution in [3.63, 3.8) is 0 Å². The number of ether oxygens (including phenoxy) is 1. The van der Waals surface area contributed by atoms with Gasteiger partial charge in [-0.15, -0.1) is 11.6 Å². The first-order valence-electron chi connectivity index (χ1n) is 5.35. The van der Waals surface area contributed by atoms with Crippen molar-refractivity contribution in [2.24, 2.45) is 5.92 Å². The molecule has 1 aromatic carbocycles. The number of para-hydroxylation sites is 1. The van der Waals surface area contributed by atoms with Crippen LogP contribution in [-0.2, 0) is 0 Å². The summed E-state index contributed by atoms with van der Waals surface area (Å²) in [6.45, 7) is 6.43. The van der Waals surface area contributed by atoms with Crippen molar-refractivity contribution >= 4 is 11.6 Å². The average molecular weight is 227 g/mol. The van der Waals surface area contributed by atoms with Crippen LogP contribution < -0.4 is 4.74 Å². The molecule has 0 aliphatic heterocycles. The molecule has 1 rings (SSSR count). The number of benzene rings is 1. The van der Waals surface area contributed by atoms with Gasteiger partial charge < -0.3 is 4.74 Å². The third-order valence-electron chi connectivity index (χ3n) is 2.74. The van der Waals surface area contributed by atoms with Crippen LogP contribution in [0, 0.1) is 5.92 Å². The van der Waals surface area contributed by atoms with Gasteiger partial charge in [0, 0.05) is 11.3 Å². The molecule has 15 heavy (non-hydrogen) atoms. The van der Waals surface area contributed by atoms with Crippen molar-refractivity contribution in [3.8, 4) is 5.75 Å². The van der Waals surface area contributed by atoms with Gasteiger partial charge in [0.15, 0.2) is 0 Å². The Kier molecular flexibility index (Phi) is 4.46. The van der Waals surface area contributed by atoms with Gasteiger partial charge in [-0.25, -0.2) is 0 Å². The van der Waals surface area contributed by atoms with E-state index in [1.165, 1.54) is 5.56 Å². The zero-order valence-corrected chi connectivity index (χ0v) is 10.6. The lowest BCUT2D eigenvalue weighted by Gasteiger charge is -2.23. The summed E-state index contributed by atoms with van der Waals surface area (Å²) in [6, 6.07) is 8.07. The smallest absolute Gasteiger partial charge is 0.122 e. The fourth-order valence-corrected chi connectivity index (χ4v) is 1.93. The minimum absolute atomic E-state index is 0.140. The summed E-state index contributed by atoms with van der Waals surface area (Å²) >= 11 is 6.37. The number of methoxy groups -OCH3 is 1. The number of rotatable bonds is 4. The number of halogens is 1. The van der Waals surface area contributed by atoms with Gasteiger partial charge in [-0.3, -0.25) is 0 Å². The summed E-state index contributed by atoms with van der Waals surface area (Å²) in [5, 5.41) is 0.140. The summed E-state index contributed by atoms with van der Waals surface area (Å²) in [5.74, 6) is 1.70. The van der Waals surface area contributed by atoms with E-state index in [9.17, 15) is 0 Å². The molecule has 0 saturated carbocycles. The van der Waals surface area contributed by atoms with Crippen molar-refractivity contribution in [3.05, 3.63) is 29.8 Å². The number of hydrogen-bond acceptors (Lipinski definition) is 1. The highest BCUT2D eigenvalue weighted by Gasteiger charge is 2.21. The maximum atomic E-state index is 6.37. The second-order valence-corrected chi connectivity index (χ2v) is 4.72. The van der Waals surface area contributed by atoms with E-state index in [2.05, 4.69) is 26.8 Å². The molecule has 0 amide bonds. The zero-order chi connectivity index (χ0) is 11.4. The van der Waals surface area contributed by atoms with Crippen LogP contribution in [0.2, 0.25) is 0 Å². The molecule has 0 aromatic heterocycles. The Morgan fingerprint density at radius 2 is 1.73 bits per heavy atom. The Morgan fingerprint density at radius 3 is 2.27 bits per heavy atom. The maximum Gasteiger partial charge on any atom is 0.122 e. The van der Waals surface area contributed by atoms with Crippen LogP contribution in [0.25, 0.3) is 0 Å². The molecule has 0 aliphatic carbocycles. The van der Waals surface area contributed by atoms with Crippen LogP contribution in [0.15, 0.2) is 24.3 Å². The lowest BCUT2D eigenvalue weighted by Crippen LogP contribution is -2.16. The number of hydrogen-bond donors (Lipinski definition) is 0. The van der Waals surface area contributed by atoms with E-state index in [0.717, 1.165) is 5.75 Å². The van der Waals surface area contributed by atoms with E-state index in [1.54, 1.807) is 7.11 Å². The van der Waals surface area contributed by atoms with Gasteiger partial charge >= 0.3 is 0 Å². The molecule has 0 radical (unpaired) electrons. The predicted molar refractivity (Wildman–Crippen MR) is 65.9 cm³/mol. The van der Waals surface area contributed by atoms with Gasteiger partial charge in [0.1, 0.15) is 5.75 Å². The molecule has 0 aliphatic rings. The maximum absolute atomic E-state index is 6.37. The Labute approximate surface area is 97.4 Å². The van der Waals surface area contributed by atoms with E-state index in [-0.39, 0.29) is 5.38 Å². The second kappa shape index (κ2) is 5.41. The quantitative estimate of drug-likeness (QED) is 0.704. The SMILES string of the molecule is COc1ccccc1C(C)C(Cl)C(C)C. The van der Waals surface area contributed by atoms with Gasteiger partial charge in [0.25, 0.3) is 0 Å². The fourth-order valence-electron chi connectivity index (χ4n) is 1.79. The van der Waals surface area contributed by atoms with Crippen molar-refractivity contribution < 1.29 is 4.74 Å². The van der Waals surface area contributed by atoms with Crippen LogP contribution in [-0.4, -0.2) is 12.5 Å². The summed E-state index contributed by atoms with van der Waals surface area (Å²) in [7, 11) is 1.70. The average Bonchev–Trinajstić information content (AvgIpc) is 2.26. The normalized spacial score (nSPS) is 15.1. The summed E-state index contributed by atoms with van der Waals surface area (Å²) in [4.78, 5) is 0. The standard InChI is InChI=1S/C13H19ClO/c1-9(2)13(14)10(3)11-7-5-6-8-12(11)15-4/h5-10,13H,1-4H3. The van der Waals surface area contributed by atoms with Crippen molar-refractivity contribution in [2.75, 3.05) is 7.11 Å². The third kappa shape index (κ3) is 2.88. The molecule has 1 nitrogen and oxygen atoms in total. The van der Waals surface area contributed by atoms with E-state index in [0.29, 0.717) is 11.8 Å². The van der Waals surface area contributed by atoms with E-state index < -0.39 is 0 Å². The Morgan fingerprint density at radius 1 is 1.13 bits per heavy atom. The van der Waals surface area contributed by atoms with Crippen molar-refractivity contribution in [1.82, 2.24) is 0 Å². The molecule has 1 aromatic rings. The minimum Gasteiger partial charge on any atom is -0.496 e. The van der Waals surface area contributed by atoms with Gasteiger partial charge in [0.05, 0.1) is 7.11 Å². The molecule has 0 saturated heterocycles. The van der Waals surface area contributed by atoms with E-state index in [1.807, 2.05) is 18.2 Å². The van der Waals surface area contributed by atoms with Crippen molar-refractivity contribution in [2.45, 2.75) is 32.1 Å². The minimum atomic E-state index is 0.140. The summed E-state index contributed by atoms with van der Waals surface area (Å²) in [5.41, 5.74) is 1.19. The Bertz CT molecular complexity index is 309. The Hall–Kier alpha value is -0.690. The van der Waals surface area contributed by atoms with Crippen LogP contribution in [0.3, 0.4) is 0 Å². The topological polar surface area (TPSA) is 9.23 Å². The molecule has 2 unspecified atom stereocenters. The number of alkyl halides is 1. The third-order valence-corrected chi connectivity index (χ3v) is 3.63. The molecule has 84 valence electrons. The lowest BCUT2D eigenvalue weighted by molar-refractivity contribution is 0.402. The van der Waals surface area contributed by atoms with Crippen LogP contribution in [0.1, 0.15) is 32.3 Å². The van der Waals surface area contributed by atoms with Crippen LogP contribution in [0.5, 0.6) is 5.75 Å². The van der Waals surface area contributed by atoms with Gasteiger partial charge in [0.2, 0.25) is 0 Å². The first-order valence-corrected chi connectivity index (χ1v) is 5.78. The first kappa shape index (κ1) is 12.4. The largest absolute Gasteiger partial charge is 0.496 e. The van der Waals surface area contributed by atoms with Gasteiger partial charge in [-0.05, 0) is 17.5 Å². The lowest BCUT2D eigenvalue weighted by atomic mass is 9.91. The Balaban J connectivity index is 2.94. The molecule has 0 bridgehead atoms. The highest BCUT2D eigenvalue weighted by Crippen LogP contribution is 2.33. The molecular formula is C13H19ClO. The molecular weight excluding hydrogens is 208 g/mol. The van der Waals surface area contributed by atoms with E-state index >= 15 is 0 Å².